The number of pyridine rings is 1. The van der Waals surface area contributed by atoms with Gasteiger partial charge in [-0.2, -0.15) is 0 Å². The number of nitrogens with one attached hydrogen (secondary N) is 1. The van der Waals surface area contributed by atoms with Crippen LogP contribution in [0.3, 0.4) is 0 Å². The molecule has 0 aliphatic carbocycles. The molecule has 0 unspecified atom stereocenters. The molecule has 14 heavy (non-hydrogen) atoms. The summed E-state index contributed by atoms with van der Waals surface area (Å²) in [7, 11) is 0. The van der Waals surface area contributed by atoms with Crippen molar-refractivity contribution in [2.24, 2.45) is 0 Å². The molecule has 1 aliphatic rings. The molecule has 1 aliphatic heterocycles. The minimum atomic E-state index is -0.0317. The lowest BCUT2D eigenvalue weighted by Crippen LogP contribution is -2.35. The fourth-order valence-electron chi connectivity index (χ4n) is 1.60. The SMILES string of the molecule is O=c1cc(CN2CCOCC2)cc[nH]1. The molecule has 1 N–H and O–H groups in total. The summed E-state index contributed by atoms with van der Waals surface area (Å²) in [6.45, 7) is 4.33. The predicted molar refractivity (Wildman–Crippen MR) is 53.2 cm³/mol. The molecule has 0 atom stereocenters. The normalized spacial score (nSPS) is 18.3. The lowest BCUT2D eigenvalue weighted by atomic mass is 10.2. The third-order valence-electron chi connectivity index (χ3n) is 2.35. The fourth-order valence-corrected chi connectivity index (χ4v) is 1.60. The molecule has 0 aromatic carbocycles. The van der Waals surface area contributed by atoms with E-state index in [0.717, 1.165) is 38.4 Å². The summed E-state index contributed by atoms with van der Waals surface area (Å²) in [5.41, 5.74) is 1.03. The van der Waals surface area contributed by atoms with E-state index in [9.17, 15) is 4.79 Å². The van der Waals surface area contributed by atoms with Crippen LogP contribution in [-0.2, 0) is 11.3 Å². The molecule has 0 amide bonds. The van der Waals surface area contributed by atoms with Gasteiger partial charge in [0.1, 0.15) is 0 Å². The van der Waals surface area contributed by atoms with Gasteiger partial charge in [0, 0.05) is 31.9 Å². The molecule has 0 saturated carbocycles. The Labute approximate surface area is 82.5 Å². The third kappa shape index (κ3) is 2.43. The van der Waals surface area contributed by atoms with Crippen LogP contribution in [0.15, 0.2) is 23.1 Å². The number of morpholine rings is 1. The van der Waals surface area contributed by atoms with Crippen LogP contribution in [0.1, 0.15) is 5.56 Å². The van der Waals surface area contributed by atoms with Crippen LogP contribution in [0, 0.1) is 0 Å². The Morgan fingerprint density at radius 1 is 1.43 bits per heavy atom. The van der Waals surface area contributed by atoms with Crippen molar-refractivity contribution in [3.8, 4) is 0 Å². The van der Waals surface area contributed by atoms with Crippen molar-refractivity contribution in [3.05, 3.63) is 34.2 Å². The summed E-state index contributed by atoms with van der Waals surface area (Å²) in [6.07, 6.45) is 1.69. The Kier molecular flexibility index (Phi) is 2.96. The Balaban J connectivity index is 1.99. The van der Waals surface area contributed by atoms with Crippen molar-refractivity contribution in [2.45, 2.75) is 6.54 Å². The summed E-state index contributed by atoms with van der Waals surface area (Å²) < 4.78 is 5.25. The number of nitrogens with zero attached hydrogens (tertiary/aromatic N) is 1. The van der Waals surface area contributed by atoms with Gasteiger partial charge in [-0.1, -0.05) is 0 Å². The van der Waals surface area contributed by atoms with E-state index < -0.39 is 0 Å². The van der Waals surface area contributed by atoms with Gasteiger partial charge in [0.15, 0.2) is 0 Å². The Morgan fingerprint density at radius 3 is 2.93 bits per heavy atom. The number of ether oxygens (including phenoxy) is 1. The highest BCUT2D eigenvalue weighted by atomic mass is 16.5. The summed E-state index contributed by atoms with van der Waals surface area (Å²) in [6, 6.07) is 3.59. The molecule has 1 aromatic heterocycles. The first kappa shape index (κ1) is 9.43. The van der Waals surface area contributed by atoms with Crippen LogP contribution in [0.4, 0.5) is 0 Å². The Bertz CT molecular complexity index is 342. The zero-order chi connectivity index (χ0) is 9.80. The van der Waals surface area contributed by atoms with Crippen molar-refractivity contribution in [3.63, 3.8) is 0 Å². The molecule has 0 bridgehead atoms. The van der Waals surface area contributed by atoms with Gasteiger partial charge in [-0.05, 0) is 11.6 Å². The van der Waals surface area contributed by atoms with Crippen LogP contribution in [0.5, 0.6) is 0 Å². The van der Waals surface area contributed by atoms with E-state index in [0.29, 0.717) is 0 Å². The van der Waals surface area contributed by atoms with Gasteiger partial charge in [0.2, 0.25) is 5.56 Å². The average molecular weight is 194 g/mol. The second-order valence-electron chi connectivity index (χ2n) is 3.45. The molecule has 76 valence electrons. The molecule has 2 heterocycles. The quantitative estimate of drug-likeness (QED) is 0.732. The minimum absolute atomic E-state index is 0.0317. The molecular formula is C10H14N2O2. The van der Waals surface area contributed by atoms with E-state index in [4.69, 9.17) is 4.74 Å². The lowest BCUT2D eigenvalue weighted by molar-refractivity contribution is 0.0342. The Hall–Kier alpha value is -1.13. The van der Waals surface area contributed by atoms with E-state index in [1.54, 1.807) is 12.3 Å². The first-order valence-electron chi connectivity index (χ1n) is 4.82. The fraction of sp³-hybridized carbons (Fsp3) is 0.500. The third-order valence-corrected chi connectivity index (χ3v) is 2.35. The second kappa shape index (κ2) is 4.39. The maximum atomic E-state index is 11.0. The van der Waals surface area contributed by atoms with E-state index >= 15 is 0 Å². The van der Waals surface area contributed by atoms with Crippen molar-refractivity contribution < 1.29 is 4.74 Å². The average Bonchev–Trinajstić information content (AvgIpc) is 2.19. The van der Waals surface area contributed by atoms with Crippen LogP contribution in [-0.4, -0.2) is 36.2 Å². The molecular weight excluding hydrogens is 180 g/mol. The zero-order valence-electron chi connectivity index (χ0n) is 8.03. The van der Waals surface area contributed by atoms with Crippen molar-refractivity contribution >= 4 is 0 Å². The molecule has 2 rings (SSSR count). The number of hydrogen-bond donors (Lipinski definition) is 1. The lowest BCUT2D eigenvalue weighted by Gasteiger charge is -2.26. The minimum Gasteiger partial charge on any atom is -0.379 e. The number of aromatic nitrogens is 1. The van der Waals surface area contributed by atoms with Gasteiger partial charge in [-0.25, -0.2) is 0 Å². The van der Waals surface area contributed by atoms with E-state index in [-0.39, 0.29) is 5.56 Å². The van der Waals surface area contributed by atoms with Gasteiger partial charge in [0.05, 0.1) is 13.2 Å². The summed E-state index contributed by atoms with van der Waals surface area (Å²) in [5, 5.41) is 0. The van der Waals surface area contributed by atoms with Gasteiger partial charge in [-0.15, -0.1) is 0 Å². The number of aromatic amines is 1. The van der Waals surface area contributed by atoms with Crippen LogP contribution in [0.25, 0.3) is 0 Å². The molecule has 0 radical (unpaired) electrons. The van der Waals surface area contributed by atoms with Gasteiger partial charge >= 0.3 is 0 Å². The Morgan fingerprint density at radius 2 is 2.21 bits per heavy atom. The standard InChI is InChI=1S/C10H14N2O2/c13-10-7-9(1-2-11-10)8-12-3-5-14-6-4-12/h1-2,7H,3-6,8H2,(H,11,13). The highest BCUT2D eigenvalue weighted by molar-refractivity contribution is 5.09. The molecule has 4 nitrogen and oxygen atoms in total. The van der Waals surface area contributed by atoms with Crippen molar-refractivity contribution in [1.82, 2.24) is 9.88 Å². The maximum absolute atomic E-state index is 11.0. The maximum Gasteiger partial charge on any atom is 0.248 e. The predicted octanol–water partition coefficient (Wildman–Crippen LogP) is 0.207. The molecule has 1 saturated heterocycles. The van der Waals surface area contributed by atoms with Crippen molar-refractivity contribution in [2.75, 3.05) is 26.3 Å². The molecule has 0 spiro atoms. The summed E-state index contributed by atoms with van der Waals surface area (Å²) >= 11 is 0. The second-order valence-corrected chi connectivity index (χ2v) is 3.45. The van der Waals surface area contributed by atoms with Crippen LogP contribution in [0.2, 0.25) is 0 Å². The van der Waals surface area contributed by atoms with E-state index in [2.05, 4.69) is 9.88 Å². The van der Waals surface area contributed by atoms with Gasteiger partial charge in [-0.3, -0.25) is 9.69 Å². The van der Waals surface area contributed by atoms with Gasteiger partial charge in [0.25, 0.3) is 0 Å². The van der Waals surface area contributed by atoms with Crippen LogP contribution >= 0.6 is 0 Å². The molecule has 4 heteroatoms. The molecule has 1 aromatic rings. The van der Waals surface area contributed by atoms with E-state index in [1.165, 1.54) is 0 Å². The summed E-state index contributed by atoms with van der Waals surface area (Å²) in [5.74, 6) is 0. The molecule has 1 fully saturated rings. The zero-order valence-corrected chi connectivity index (χ0v) is 8.03. The monoisotopic (exact) mass is 194 g/mol. The number of H-pyrrole nitrogens is 1. The summed E-state index contributed by atoms with van der Waals surface area (Å²) in [4.78, 5) is 15.9. The van der Waals surface area contributed by atoms with Crippen LogP contribution < -0.4 is 5.56 Å². The van der Waals surface area contributed by atoms with E-state index in [1.807, 2.05) is 6.07 Å². The number of hydrogen-bond acceptors (Lipinski definition) is 3. The smallest absolute Gasteiger partial charge is 0.248 e. The largest absolute Gasteiger partial charge is 0.379 e. The first-order valence-corrected chi connectivity index (χ1v) is 4.82. The highest BCUT2D eigenvalue weighted by Gasteiger charge is 2.10. The first-order chi connectivity index (χ1) is 6.84. The number of rotatable bonds is 2. The highest BCUT2D eigenvalue weighted by Crippen LogP contribution is 2.03. The topological polar surface area (TPSA) is 45.3 Å². The van der Waals surface area contributed by atoms with Gasteiger partial charge < -0.3 is 9.72 Å². The van der Waals surface area contributed by atoms with Crippen molar-refractivity contribution in [1.29, 1.82) is 0 Å².